The second-order valence-electron chi connectivity index (χ2n) is 2.67. The number of hydrogen-bond donors (Lipinski definition) is 0. The molecule has 2 rings (SSSR count). The molecule has 0 N–H and O–H groups in total. The van der Waals surface area contributed by atoms with Crippen LogP contribution in [0.1, 0.15) is 18.4 Å². The van der Waals surface area contributed by atoms with Crippen molar-refractivity contribution in [1.29, 1.82) is 0 Å². The molecule has 2 heteroatoms. The van der Waals surface area contributed by atoms with Gasteiger partial charge in [0.15, 0.2) is 0 Å². The third kappa shape index (κ3) is 1.29. The Balaban J connectivity index is 2.29. The number of nitrogens with zero attached hydrogens (tertiary/aromatic N) is 2. The molecular weight excluding hydrogens is 136 g/mol. The van der Waals surface area contributed by atoms with Crippen LogP contribution in [-0.2, 0) is 0 Å². The summed E-state index contributed by atoms with van der Waals surface area (Å²) in [7, 11) is 0. The van der Waals surface area contributed by atoms with Crippen LogP contribution in [0.15, 0.2) is 29.5 Å². The van der Waals surface area contributed by atoms with E-state index in [0.717, 1.165) is 13.0 Å². The summed E-state index contributed by atoms with van der Waals surface area (Å²) < 4.78 is 0. The van der Waals surface area contributed by atoms with Crippen LogP contribution in [0, 0.1) is 0 Å². The summed E-state index contributed by atoms with van der Waals surface area (Å²) in [6, 6.07) is 4.04. The fourth-order valence-electron chi connectivity index (χ4n) is 1.32. The molecule has 1 aromatic rings. The van der Waals surface area contributed by atoms with Crippen LogP contribution >= 0.6 is 0 Å². The molecule has 0 spiro atoms. The molecule has 1 aromatic heterocycles. The molecule has 1 aliphatic heterocycles. The topological polar surface area (TPSA) is 25.2 Å². The van der Waals surface area contributed by atoms with E-state index in [0.29, 0.717) is 0 Å². The summed E-state index contributed by atoms with van der Waals surface area (Å²) in [5, 5.41) is 0. The van der Waals surface area contributed by atoms with Crippen LogP contribution in [0.2, 0.25) is 0 Å². The first-order valence-corrected chi connectivity index (χ1v) is 3.90. The first kappa shape index (κ1) is 6.53. The summed E-state index contributed by atoms with van der Waals surface area (Å²) >= 11 is 0. The second-order valence-corrected chi connectivity index (χ2v) is 2.67. The average molecular weight is 146 g/mol. The monoisotopic (exact) mass is 146 g/mol. The highest BCUT2D eigenvalue weighted by atomic mass is 14.8. The number of aliphatic imine (C=N–C) groups is 1. The lowest BCUT2D eigenvalue weighted by Crippen LogP contribution is -1.94. The molecular formula is C9H10N2. The van der Waals surface area contributed by atoms with Crippen molar-refractivity contribution in [3.63, 3.8) is 0 Å². The van der Waals surface area contributed by atoms with E-state index in [1.165, 1.54) is 17.7 Å². The van der Waals surface area contributed by atoms with E-state index in [2.05, 4.69) is 9.98 Å². The van der Waals surface area contributed by atoms with Gasteiger partial charge in [-0.2, -0.15) is 0 Å². The Bertz CT molecular complexity index is 264. The van der Waals surface area contributed by atoms with E-state index in [1.54, 1.807) is 0 Å². The molecule has 0 saturated carbocycles. The van der Waals surface area contributed by atoms with Gasteiger partial charge in [-0.05, 0) is 30.5 Å². The lowest BCUT2D eigenvalue weighted by atomic mass is 10.1. The third-order valence-corrected chi connectivity index (χ3v) is 1.89. The standard InChI is InChI=1S/C9H10N2/c1-2-9(11-5-1)8-3-6-10-7-4-8/h3-4,6-7H,1-2,5H2. The van der Waals surface area contributed by atoms with Crippen LogP contribution in [0.25, 0.3) is 0 Å². The Kier molecular flexibility index (Phi) is 1.68. The third-order valence-electron chi connectivity index (χ3n) is 1.89. The quantitative estimate of drug-likeness (QED) is 0.591. The molecule has 56 valence electrons. The Hall–Kier alpha value is -1.18. The van der Waals surface area contributed by atoms with Crippen LogP contribution in [0.5, 0.6) is 0 Å². The summed E-state index contributed by atoms with van der Waals surface area (Å²) in [5.74, 6) is 0. The Morgan fingerprint density at radius 3 is 2.64 bits per heavy atom. The smallest absolute Gasteiger partial charge is 0.0422 e. The highest BCUT2D eigenvalue weighted by molar-refractivity contribution is 6.01. The van der Waals surface area contributed by atoms with Gasteiger partial charge < -0.3 is 0 Å². The zero-order chi connectivity index (χ0) is 7.52. The minimum absolute atomic E-state index is 0.998. The van der Waals surface area contributed by atoms with E-state index in [9.17, 15) is 0 Å². The lowest BCUT2D eigenvalue weighted by molar-refractivity contribution is 0.951. The minimum atomic E-state index is 0.998. The van der Waals surface area contributed by atoms with Gasteiger partial charge >= 0.3 is 0 Å². The van der Waals surface area contributed by atoms with Gasteiger partial charge in [0.05, 0.1) is 0 Å². The largest absolute Gasteiger partial charge is 0.289 e. The molecule has 2 nitrogen and oxygen atoms in total. The van der Waals surface area contributed by atoms with Crippen molar-refractivity contribution < 1.29 is 0 Å². The maximum Gasteiger partial charge on any atom is 0.0422 e. The van der Waals surface area contributed by atoms with E-state index in [1.807, 2.05) is 24.5 Å². The molecule has 2 heterocycles. The summed E-state index contributed by atoms with van der Waals surface area (Å²) in [6.07, 6.45) is 5.97. The second kappa shape index (κ2) is 2.82. The number of pyridine rings is 1. The van der Waals surface area contributed by atoms with Crippen molar-refractivity contribution >= 4 is 5.71 Å². The molecule has 0 radical (unpaired) electrons. The van der Waals surface area contributed by atoms with E-state index in [4.69, 9.17) is 0 Å². The van der Waals surface area contributed by atoms with Crippen LogP contribution in [0.4, 0.5) is 0 Å². The fourth-order valence-corrected chi connectivity index (χ4v) is 1.32. The molecule has 11 heavy (non-hydrogen) atoms. The Labute approximate surface area is 66.0 Å². The molecule has 0 atom stereocenters. The molecule has 0 unspecified atom stereocenters. The predicted molar refractivity (Wildman–Crippen MR) is 44.9 cm³/mol. The van der Waals surface area contributed by atoms with Crippen molar-refractivity contribution in [3.8, 4) is 0 Å². The van der Waals surface area contributed by atoms with Crippen LogP contribution < -0.4 is 0 Å². The van der Waals surface area contributed by atoms with Gasteiger partial charge in [-0.25, -0.2) is 0 Å². The molecule has 0 aromatic carbocycles. The molecule has 0 aliphatic carbocycles. The maximum atomic E-state index is 4.39. The lowest BCUT2D eigenvalue weighted by Gasteiger charge is -1.96. The summed E-state index contributed by atoms with van der Waals surface area (Å²) in [5.41, 5.74) is 2.48. The van der Waals surface area contributed by atoms with Gasteiger partial charge in [-0.1, -0.05) is 0 Å². The van der Waals surface area contributed by atoms with Gasteiger partial charge in [-0.15, -0.1) is 0 Å². The number of hydrogen-bond acceptors (Lipinski definition) is 2. The Morgan fingerprint density at radius 1 is 1.18 bits per heavy atom. The SMILES string of the molecule is c1cc(C2=NCCC2)ccn1. The van der Waals surface area contributed by atoms with Crippen molar-refractivity contribution in [1.82, 2.24) is 4.98 Å². The molecule has 1 aliphatic rings. The first-order chi connectivity index (χ1) is 5.47. The molecule has 0 fully saturated rings. The van der Waals surface area contributed by atoms with E-state index >= 15 is 0 Å². The fraction of sp³-hybridized carbons (Fsp3) is 0.333. The van der Waals surface area contributed by atoms with Crippen molar-refractivity contribution in [2.75, 3.05) is 6.54 Å². The van der Waals surface area contributed by atoms with Gasteiger partial charge in [0.1, 0.15) is 0 Å². The summed E-state index contributed by atoms with van der Waals surface area (Å²) in [6.45, 7) is 0.998. The number of rotatable bonds is 1. The van der Waals surface area contributed by atoms with Gasteiger partial charge in [0.25, 0.3) is 0 Å². The average Bonchev–Trinajstić information content (AvgIpc) is 2.58. The van der Waals surface area contributed by atoms with Crippen LogP contribution in [-0.4, -0.2) is 17.2 Å². The molecule has 0 bridgehead atoms. The normalized spacial score (nSPS) is 16.5. The zero-order valence-corrected chi connectivity index (χ0v) is 6.33. The van der Waals surface area contributed by atoms with E-state index in [-0.39, 0.29) is 0 Å². The van der Waals surface area contributed by atoms with Gasteiger partial charge in [0.2, 0.25) is 0 Å². The highest BCUT2D eigenvalue weighted by Gasteiger charge is 2.07. The van der Waals surface area contributed by atoms with Crippen molar-refractivity contribution in [2.45, 2.75) is 12.8 Å². The maximum absolute atomic E-state index is 4.39. The zero-order valence-electron chi connectivity index (χ0n) is 6.33. The molecule has 0 saturated heterocycles. The minimum Gasteiger partial charge on any atom is -0.289 e. The van der Waals surface area contributed by atoms with Gasteiger partial charge in [-0.3, -0.25) is 9.98 Å². The predicted octanol–water partition coefficient (Wildman–Crippen LogP) is 1.66. The molecule has 0 amide bonds. The number of aromatic nitrogens is 1. The van der Waals surface area contributed by atoms with Crippen molar-refractivity contribution in [2.24, 2.45) is 4.99 Å². The van der Waals surface area contributed by atoms with Crippen LogP contribution in [0.3, 0.4) is 0 Å². The first-order valence-electron chi connectivity index (χ1n) is 3.90. The summed E-state index contributed by atoms with van der Waals surface area (Å²) in [4.78, 5) is 8.36. The Morgan fingerprint density at radius 2 is 2.00 bits per heavy atom. The van der Waals surface area contributed by atoms with Crippen molar-refractivity contribution in [3.05, 3.63) is 30.1 Å². The highest BCUT2D eigenvalue weighted by Crippen LogP contribution is 2.11. The van der Waals surface area contributed by atoms with E-state index < -0.39 is 0 Å². The van der Waals surface area contributed by atoms with Gasteiger partial charge in [0, 0.05) is 24.7 Å².